The second-order valence-corrected chi connectivity index (χ2v) is 5.84. The van der Waals surface area contributed by atoms with E-state index in [-0.39, 0.29) is 6.04 Å². The Bertz CT molecular complexity index is 533. The zero-order valence-electron chi connectivity index (χ0n) is 11.6. The molecule has 0 saturated heterocycles. The molecule has 2 aromatic heterocycles. The van der Waals surface area contributed by atoms with E-state index in [4.69, 9.17) is 11.6 Å². The number of rotatable bonds is 6. The van der Waals surface area contributed by atoms with Gasteiger partial charge in [0.1, 0.15) is 11.9 Å². The van der Waals surface area contributed by atoms with Crippen LogP contribution in [0, 0.1) is 6.92 Å². The van der Waals surface area contributed by atoms with Crippen molar-refractivity contribution in [3.05, 3.63) is 39.1 Å². The van der Waals surface area contributed by atoms with Crippen molar-refractivity contribution in [2.75, 3.05) is 6.54 Å². The molecule has 5 heteroatoms. The van der Waals surface area contributed by atoms with Crippen LogP contribution in [-0.2, 0) is 6.54 Å². The van der Waals surface area contributed by atoms with Gasteiger partial charge < -0.3 is 9.88 Å². The summed E-state index contributed by atoms with van der Waals surface area (Å²) in [5.41, 5.74) is 1.14. The molecule has 0 amide bonds. The van der Waals surface area contributed by atoms with Crippen LogP contribution in [0.15, 0.2) is 17.8 Å². The summed E-state index contributed by atoms with van der Waals surface area (Å²) in [7, 11) is 0. The van der Waals surface area contributed by atoms with Gasteiger partial charge in [-0.15, -0.1) is 11.3 Å². The SMILES string of the molecule is CCCNC(c1scc(C)c1Cl)c1nccn1CC. The van der Waals surface area contributed by atoms with Crippen LogP contribution in [0.1, 0.15) is 42.6 Å². The topological polar surface area (TPSA) is 29.9 Å². The second-order valence-electron chi connectivity index (χ2n) is 4.56. The van der Waals surface area contributed by atoms with Crippen molar-refractivity contribution in [2.45, 2.75) is 39.8 Å². The molecule has 0 saturated carbocycles. The molecule has 0 fully saturated rings. The van der Waals surface area contributed by atoms with Crippen molar-refractivity contribution in [1.82, 2.24) is 14.9 Å². The van der Waals surface area contributed by atoms with Crippen LogP contribution in [0.25, 0.3) is 0 Å². The molecule has 0 aliphatic rings. The van der Waals surface area contributed by atoms with Crippen molar-refractivity contribution in [3.8, 4) is 0 Å². The third-order valence-corrected chi connectivity index (χ3v) is 4.91. The first-order valence-electron chi connectivity index (χ1n) is 6.66. The molecule has 0 aliphatic carbocycles. The van der Waals surface area contributed by atoms with E-state index in [9.17, 15) is 0 Å². The molecule has 2 aromatic rings. The highest BCUT2D eigenvalue weighted by atomic mass is 35.5. The van der Waals surface area contributed by atoms with Gasteiger partial charge in [0.2, 0.25) is 0 Å². The second kappa shape index (κ2) is 6.55. The summed E-state index contributed by atoms with van der Waals surface area (Å²) >= 11 is 8.13. The molecule has 1 N–H and O–H groups in total. The van der Waals surface area contributed by atoms with Crippen molar-refractivity contribution in [2.24, 2.45) is 0 Å². The van der Waals surface area contributed by atoms with Crippen LogP contribution in [0.4, 0.5) is 0 Å². The number of imidazole rings is 1. The number of hydrogen-bond acceptors (Lipinski definition) is 3. The summed E-state index contributed by atoms with van der Waals surface area (Å²) in [5.74, 6) is 1.04. The summed E-state index contributed by atoms with van der Waals surface area (Å²) < 4.78 is 2.17. The lowest BCUT2D eigenvalue weighted by Gasteiger charge is -2.18. The molecule has 0 aromatic carbocycles. The molecule has 19 heavy (non-hydrogen) atoms. The molecule has 2 rings (SSSR count). The zero-order chi connectivity index (χ0) is 13.8. The van der Waals surface area contributed by atoms with Gasteiger partial charge >= 0.3 is 0 Å². The maximum atomic E-state index is 6.43. The van der Waals surface area contributed by atoms with Crippen molar-refractivity contribution < 1.29 is 0 Å². The van der Waals surface area contributed by atoms with Crippen LogP contribution in [0.2, 0.25) is 5.02 Å². The fourth-order valence-electron chi connectivity index (χ4n) is 2.08. The van der Waals surface area contributed by atoms with Crippen LogP contribution >= 0.6 is 22.9 Å². The molecular formula is C14H20ClN3S. The van der Waals surface area contributed by atoms with Crippen molar-refractivity contribution in [3.63, 3.8) is 0 Å². The number of nitrogens with zero attached hydrogens (tertiary/aromatic N) is 2. The molecule has 1 unspecified atom stereocenters. The first kappa shape index (κ1) is 14.6. The van der Waals surface area contributed by atoms with Gasteiger partial charge in [-0.25, -0.2) is 4.98 Å². The van der Waals surface area contributed by atoms with E-state index in [0.717, 1.165) is 40.8 Å². The molecule has 104 valence electrons. The maximum Gasteiger partial charge on any atom is 0.131 e. The third kappa shape index (κ3) is 3.02. The standard InChI is InChI=1S/C14H20ClN3S/c1-4-6-16-12(13-11(15)10(3)9-19-13)14-17-7-8-18(14)5-2/h7-9,12,16H,4-6H2,1-3H3. The van der Waals surface area contributed by atoms with Crippen LogP contribution < -0.4 is 5.32 Å². The molecular weight excluding hydrogens is 278 g/mol. The Morgan fingerprint density at radius 1 is 1.47 bits per heavy atom. The van der Waals surface area contributed by atoms with Gasteiger partial charge in [0, 0.05) is 23.8 Å². The van der Waals surface area contributed by atoms with E-state index in [0.29, 0.717) is 0 Å². The molecule has 0 spiro atoms. The minimum Gasteiger partial charge on any atom is -0.334 e. The Morgan fingerprint density at radius 2 is 2.26 bits per heavy atom. The molecule has 1 atom stereocenters. The lowest BCUT2D eigenvalue weighted by atomic mass is 10.2. The Morgan fingerprint density at radius 3 is 2.84 bits per heavy atom. The summed E-state index contributed by atoms with van der Waals surface area (Å²) in [6, 6.07) is 0.0844. The molecule has 0 bridgehead atoms. The number of thiophene rings is 1. The average Bonchev–Trinajstić information content (AvgIpc) is 3.00. The van der Waals surface area contributed by atoms with Gasteiger partial charge in [0.05, 0.1) is 5.02 Å². The largest absolute Gasteiger partial charge is 0.334 e. The minimum absolute atomic E-state index is 0.0844. The van der Waals surface area contributed by atoms with E-state index in [1.807, 2.05) is 19.3 Å². The molecule has 3 nitrogen and oxygen atoms in total. The van der Waals surface area contributed by atoms with Crippen molar-refractivity contribution in [1.29, 1.82) is 0 Å². The van der Waals surface area contributed by atoms with Crippen LogP contribution in [0.5, 0.6) is 0 Å². The van der Waals surface area contributed by atoms with Gasteiger partial charge in [-0.1, -0.05) is 18.5 Å². The van der Waals surface area contributed by atoms with Crippen LogP contribution in [0.3, 0.4) is 0 Å². The van der Waals surface area contributed by atoms with E-state index in [1.54, 1.807) is 11.3 Å². The zero-order valence-corrected chi connectivity index (χ0v) is 13.2. The quantitative estimate of drug-likeness (QED) is 0.873. The number of aryl methyl sites for hydroxylation is 2. The average molecular weight is 298 g/mol. The predicted molar refractivity (Wildman–Crippen MR) is 82.1 cm³/mol. The van der Waals surface area contributed by atoms with Gasteiger partial charge in [0.15, 0.2) is 0 Å². The molecule has 0 aliphatic heterocycles. The Balaban J connectivity index is 2.38. The van der Waals surface area contributed by atoms with Gasteiger partial charge in [-0.05, 0) is 37.8 Å². The first-order valence-corrected chi connectivity index (χ1v) is 7.92. The van der Waals surface area contributed by atoms with Gasteiger partial charge in [-0.2, -0.15) is 0 Å². The highest BCUT2D eigenvalue weighted by Crippen LogP contribution is 2.35. The van der Waals surface area contributed by atoms with E-state index >= 15 is 0 Å². The van der Waals surface area contributed by atoms with Gasteiger partial charge in [0.25, 0.3) is 0 Å². The highest BCUT2D eigenvalue weighted by molar-refractivity contribution is 7.10. The van der Waals surface area contributed by atoms with E-state index in [1.165, 1.54) is 0 Å². The number of nitrogens with one attached hydrogen (secondary N) is 1. The van der Waals surface area contributed by atoms with Crippen LogP contribution in [-0.4, -0.2) is 16.1 Å². The summed E-state index contributed by atoms with van der Waals surface area (Å²) in [5, 5.41) is 6.53. The lowest BCUT2D eigenvalue weighted by Crippen LogP contribution is -2.25. The molecule has 0 radical (unpaired) electrons. The fraction of sp³-hybridized carbons (Fsp3) is 0.500. The van der Waals surface area contributed by atoms with Crippen molar-refractivity contribution >= 4 is 22.9 Å². The normalized spacial score (nSPS) is 12.8. The number of halogens is 1. The first-order chi connectivity index (χ1) is 9.19. The molecule has 2 heterocycles. The predicted octanol–water partition coefficient (Wildman–Crippen LogP) is 4.02. The Labute approximate surface area is 123 Å². The van der Waals surface area contributed by atoms with Gasteiger partial charge in [-0.3, -0.25) is 0 Å². The summed E-state index contributed by atoms with van der Waals surface area (Å²) in [6.45, 7) is 8.21. The number of hydrogen-bond donors (Lipinski definition) is 1. The lowest BCUT2D eigenvalue weighted by molar-refractivity contribution is 0.547. The monoisotopic (exact) mass is 297 g/mol. The van der Waals surface area contributed by atoms with E-state index < -0.39 is 0 Å². The summed E-state index contributed by atoms with van der Waals surface area (Å²) in [4.78, 5) is 5.68. The summed E-state index contributed by atoms with van der Waals surface area (Å²) in [6.07, 6.45) is 4.96. The Kier molecular flexibility index (Phi) is 5.02. The fourth-order valence-corrected chi connectivity index (χ4v) is 3.46. The van der Waals surface area contributed by atoms with E-state index in [2.05, 4.69) is 34.1 Å². The smallest absolute Gasteiger partial charge is 0.131 e. The third-order valence-electron chi connectivity index (χ3n) is 3.13. The minimum atomic E-state index is 0.0844. The number of aromatic nitrogens is 2. The maximum absolute atomic E-state index is 6.43. The highest BCUT2D eigenvalue weighted by Gasteiger charge is 2.23. The Hall–Kier alpha value is -0.840.